The first-order chi connectivity index (χ1) is 47.5. The van der Waals surface area contributed by atoms with Crippen molar-refractivity contribution in [2.45, 2.75) is 365 Å². The summed E-state index contributed by atoms with van der Waals surface area (Å²) in [6.07, 6.45) is 21.2. The van der Waals surface area contributed by atoms with Gasteiger partial charge in [-0.2, -0.15) is 0 Å². The number of hydrogen-bond acceptors (Lipinski definition) is 15. The highest BCUT2D eigenvalue weighted by molar-refractivity contribution is 4.95. The first kappa shape index (κ1) is 89.3. The monoisotopic (exact) mass is 1420 g/mol. The van der Waals surface area contributed by atoms with E-state index in [4.69, 9.17) is 14.2 Å². The molecule has 0 unspecified atom stereocenters. The number of piperazine rings is 2. The van der Waals surface area contributed by atoms with Crippen molar-refractivity contribution in [3.8, 4) is 0 Å². The maximum Gasteiger partial charge on any atom is 0.0608 e. The van der Waals surface area contributed by atoms with Gasteiger partial charge in [0, 0.05) is 164 Å². The van der Waals surface area contributed by atoms with Gasteiger partial charge in [0.25, 0.3) is 0 Å². The van der Waals surface area contributed by atoms with Gasteiger partial charge in [-0.1, -0.05) is 6.92 Å². The van der Waals surface area contributed by atoms with E-state index in [2.05, 4.69) is 239 Å². The zero-order valence-electron chi connectivity index (χ0n) is 72.0. The second-order valence-corrected chi connectivity index (χ2v) is 38.7. The van der Waals surface area contributed by atoms with E-state index in [-0.39, 0.29) is 0 Å². The quantitative estimate of drug-likeness (QED) is 0.0825. The van der Waals surface area contributed by atoms with E-state index >= 15 is 0 Å². The second kappa shape index (κ2) is 43.7. The van der Waals surface area contributed by atoms with Crippen molar-refractivity contribution < 1.29 is 14.2 Å². The summed E-state index contributed by atoms with van der Waals surface area (Å²) < 4.78 is 17.7. The van der Waals surface area contributed by atoms with Crippen LogP contribution in [0, 0.1) is 29.6 Å². The Hall–Kier alpha value is -0.600. The lowest BCUT2D eigenvalue weighted by molar-refractivity contribution is -0.0861. The van der Waals surface area contributed by atoms with Crippen LogP contribution >= 0.6 is 0 Å². The van der Waals surface area contributed by atoms with E-state index in [9.17, 15) is 0 Å². The van der Waals surface area contributed by atoms with Gasteiger partial charge in [-0.15, -0.1) is 0 Å². The molecule has 0 bridgehead atoms. The number of piperidine rings is 4. The van der Waals surface area contributed by atoms with Gasteiger partial charge >= 0.3 is 0 Å². The van der Waals surface area contributed by atoms with Crippen molar-refractivity contribution in [3.05, 3.63) is 0 Å². The van der Waals surface area contributed by atoms with Crippen LogP contribution in [0.25, 0.3) is 0 Å². The van der Waals surface area contributed by atoms with Crippen LogP contribution in [0.3, 0.4) is 0 Å². The topological polar surface area (TPSA) is 66.6 Å². The second-order valence-electron chi connectivity index (χ2n) is 38.7. The predicted molar refractivity (Wildman–Crippen MR) is 434 cm³/mol. The Kier molecular flexibility index (Phi) is 38.6. The molecule has 10 fully saturated rings. The molecule has 7 aliphatic heterocycles. The maximum absolute atomic E-state index is 5.94. The molecular weight excluding hydrogens is 1250 g/mol. The molecule has 7 heterocycles. The molecule has 10 rings (SSSR count). The van der Waals surface area contributed by atoms with Crippen molar-refractivity contribution >= 4 is 0 Å². The van der Waals surface area contributed by atoms with Crippen LogP contribution in [0.2, 0.25) is 0 Å². The molecule has 596 valence electrons. The summed E-state index contributed by atoms with van der Waals surface area (Å²) in [5, 5.41) is 0. The van der Waals surface area contributed by atoms with Gasteiger partial charge in [-0.3, -0.25) is 19.6 Å². The summed E-state index contributed by atoms with van der Waals surface area (Å²) in [4.78, 5) is 31.8. The summed E-state index contributed by atoms with van der Waals surface area (Å²) >= 11 is 0. The molecule has 3 saturated carbocycles. The first-order valence-corrected chi connectivity index (χ1v) is 43.3. The Balaban J connectivity index is 0.000000199. The van der Waals surface area contributed by atoms with Crippen LogP contribution in [-0.4, -0.2) is 325 Å². The molecular formula is C86H174N12O3. The van der Waals surface area contributed by atoms with Gasteiger partial charge < -0.3 is 53.4 Å². The molecule has 3 aliphatic carbocycles. The molecule has 0 amide bonds. The van der Waals surface area contributed by atoms with E-state index in [1.54, 1.807) is 0 Å². The number of likely N-dealkylation sites (tertiary alicyclic amines) is 5. The lowest BCUT2D eigenvalue weighted by Crippen LogP contribution is -2.56. The minimum atomic E-state index is 0.337. The van der Waals surface area contributed by atoms with Crippen molar-refractivity contribution in [1.29, 1.82) is 0 Å². The summed E-state index contributed by atoms with van der Waals surface area (Å²) in [5.74, 6) is 4.56. The number of hydrogen-bond donors (Lipinski definition) is 0. The van der Waals surface area contributed by atoms with Gasteiger partial charge in [-0.25, -0.2) is 0 Å². The third-order valence-corrected chi connectivity index (χ3v) is 25.7. The van der Waals surface area contributed by atoms with Gasteiger partial charge in [0.1, 0.15) is 0 Å². The minimum absolute atomic E-state index is 0.337. The van der Waals surface area contributed by atoms with Crippen LogP contribution in [0.1, 0.15) is 263 Å². The fourth-order valence-corrected chi connectivity index (χ4v) is 18.2. The van der Waals surface area contributed by atoms with Crippen molar-refractivity contribution in [2.24, 2.45) is 29.6 Å². The summed E-state index contributed by atoms with van der Waals surface area (Å²) in [5.41, 5.74) is 0.688. The summed E-state index contributed by atoms with van der Waals surface area (Å²) in [7, 11) is 2.31. The average molecular weight is 1420 g/mol. The first-order valence-electron chi connectivity index (χ1n) is 43.3. The lowest BCUT2D eigenvalue weighted by Gasteiger charge is -2.47. The van der Waals surface area contributed by atoms with Gasteiger partial charge in [-0.05, 0) is 352 Å². The highest BCUT2D eigenvalue weighted by atomic mass is 16.5. The highest BCUT2D eigenvalue weighted by Gasteiger charge is 2.40. The number of ether oxygens (including phenoxy) is 3. The smallest absolute Gasteiger partial charge is 0.0608 e. The molecule has 0 aromatic rings. The molecule has 0 atom stereocenters. The molecule has 0 aromatic carbocycles. The van der Waals surface area contributed by atoms with Crippen molar-refractivity contribution in [3.63, 3.8) is 0 Å². The van der Waals surface area contributed by atoms with Crippen molar-refractivity contribution in [1.82, 2.24) is 58.8 Å². The fraction of sp³-hybridized carbons (Fsp3) is 1.00. The Morgan fingerprint density at radius 2 is 0.653 bits per heavy atom. The van der Waals surface area contributed by atoms with Crippen LogP contribution in [0.5, 0.6) is 0 Å². The Bertz CT molecular complexity index is 2080. The molecule has 15 heteroatoms. The molecule has 15 nitrogen and oxygen atoms in total. The third-order valence-electron chi connectivity index (χ3n) is 25.7. The van der Waals surface area contributed by atoms with Gasteiger partial charge in [0.2, 0.25) is 0 Å². The normalized spacial score (nSPS) is 27.5. The molecule has 0 radical (unpaired) electrons. The van der Waals surface area contributed by atoms with E-state index in [0.717, 1.165) is 59.8 Å². The van der Waals surface area contributed by atoms with E-state index in [0.29, 0.717) is 71.9 Å². The number of rotatable bonds is 26. The molecule has 101 heavy (non-hydrogen) atoms. The Labute approximate surface area is 628 Å². The summed E-state index contributed by atoms with van der Waals surface area (Å²) in [6.45, 7) is 87.9. The standard InChI is InChI=1S/C19H38N2O.C18H37N3.C18H36N2O.C17H34N2O.C14H29N3/c1-14(2)20-9-7-17(8-10-20)13-21(15(3)4)18-11-19(12-18)22-16(5)6;1-17(2,3)20-9-7-16(8-10-20)15-19-11-13-21(14-12-19)18(4,5)6;1-6-19(17-11-18(12-17)21-15(4)5)13-16-7-9-20(10-8-16)14(2)3;1-13(2)19-8-6-15(7-9-19)12-18(5)16-10-17(11-16)20-14(3)4;1-12(2)16-7-5-15(6-8-16)9-14-10-17(11-14)13(3)4/h14-19H,7-13H2,1-6H3;16H,7-15H2,1-6H3;14-18H,6-13H2,1-5H3;13-17H,6-12H2,1-5H3;12-14H,5-11H2,1-4H3. The van der Waals surface area contributed by atoms with Gasteiger partial charge in [0.15, 0.2) is 0 Å². The highest BCUT2D eigenvalue weighted by Crippen LogP contribution is 2.36. The zero-order valence-corrected chi connectivity index (χ0v) is 72.0. The van der Waals surface area contributed by atoms with Crippen LogP contribution in [0.4, 0.5) is 0 Å². The van der Waals surface area contributed by atoms with Crippen LogP contribution in [-0.2, 0) is 14.2 Å². The van der Waals surface area contributed by atoms with Crippen molar-refractivity contribution in [2.75, 3.05) is 164 Å². The SMILES string of the molecule is CC(C)(C)N1CCC(CN2CCN(C(C)(C)C)CC2)CC1.CC(C)N1CCN(CC2CN(C(C)C)C2)CC1.CC(C)OC1CC(N(C)CC2CCN(C(C)C)CC2)C1.CC(C)OC1CC(N(CC2CCN(C(C)C)CC2)C(C)C)C1.CCN(CC1CCN(C(C)C)CC1)C1CC(OC(C)C)C1. The van der Waals surface area contributed by atoms with E-state index in [1.165, 1.54) is 247 Å². The average Bonchev–Trinajstić information content (AvgIpc) is 0.826. The fourth-order valence-electron chi connectivity index (χ4n) is 18.2. The molecule has 0 N–H and O–H groups in total. The van der Waals surface area contributed by atoms with Gasteiger partial charge in [0.05, 0.1) is 36.6 Å². The minimum Gasteiger partial charge on any atom is -0.375 e. The van der Waals surface area contributed by atoms with E-state index < -0.39 is 0 Å². The Morgan fingerprint density at radius 3 is 1.01 bits per heavy atom. The molecule has 0 spiro atoms. The zero-order chi connectivity index (χ0) is 74.5. The predicted octanol–water partition coefficient (Wildman–Crippen LogP) is 14.4. The lowest BCUT2D eigenvalue weighted by atomic mass is 9.85. The number of nitrogens with zero attached hydrogens (tertiary/aromatic N) is 12. The molecule has 10 aliphatic rings. The third kappa shape index (κ3) is 31.4. The largest absolute Gasteiger partial charge is 0.375 e. The maximum atomic E-state index is 5.94. The van der Waals surface area contributed by atoms with Crippen LogP contribution in [0.15, 0.2) is 0 Å². The summed E-state index contributed by atoms with van der Waals surface area (Å²) in [6, 6.07) is 6.57. The van der Waals surface area contributed by atoms with Crippen LogP contribution < -0.4 is 0 Å². The molecule has 0 aromatic heterocycles. The Morgan fingerprint density at radius 1 is 0.337 bits per heavy atom. The van der Waals surface area contributed by atoms with E-state index in [1.807, 2.05) is 0 Å². The molecule has 7 saturated heterocycles.